The van der Waals surface area contributed by atoms with Crippen LogP contribution in [-0.2, 0) is 9.53 Å². The number of hydrogen-bond donors (Lipinski definition) is 3. The number of carbonyl (C=O) groups excluding carboxylic acids is 1. The summed E-state index contributed by atoms with van der Waals surface area (Å²) < 4.78 is 4.59. The molecule has 3 N–H and O–H groups in total. The van der Waals surface area contributed by atoms with Gasteiger partial charge in [-0.05, 0) is 0 Å². The highest BCUT2D eigenvalue weighted by atomic mass is 35.5. The average Bonchev–Trinajstić information content (AvgIpc) is 2.09. The molecule has 8 heteroatoms. The second kappa shape index (κ2) is 3.72. The van der Waals surface area contributed by atoms with Crippen molar-refractivity contribution in [2.45, 2.75) is 6.35 Å². The van der Waals surface area contributed by atoms with Crippen molar-refractivity contribution in [3.05, 3.63) is 10.9 Å². The molecule has 0 bridgehead atoms. The summed E-state index contributed by atoms with van der Waals surface area (Å²) in [7, 11) is 1.14. The number of hydrogen-bond acceptors (Lipinski definition) is 4. The van der Waals surface area contributed by atoms with Crippen LogP contribution in [-0.4, -0.2) is 40.6 Å². The van der Waals surface area contributed by atoms with E-state index in [4.69, 9.17) is 21.8 Å². The maximum atomic E-state index is 11.0. The van der Waals surface area contributed by atoms with E-state index in [1.165, 1.54) is 0 Å². The first-order chi connectivity index (χ1) is 6.49. The Hall–Kier alpha value is -1.47. The van der Waals surface area contributed by atoms with Gasteiger partial charge in [-0.2, -0.15) is 0 Å². The Morgan fingerprint density at radius 2 is 2.29 bits per heavy atom. The van der Waals surface area contributed by atoms with E-state index < -0.39 is 29.3 Å². The Labute approximate surface area is 83.5 Å². The Morgan fingerprint density at radius 1 is 1.71 bits per heavy atom. The van der Waals surface area contributed by atoms with Crippen LogP contribution in [0.5, 0.6) is 0 Å². The van der Waals surface area contributed by atoms with Crippen LogP contribution < -0.4 is 5.32 Å². The van der Waals surface area contributed by atoms with Gasteiger partial charge in [-0.1, -0.05) is 11.6 Å². The number of ether oxygens (including phenoxy) is 1. The highest BCUT2D eigenvalue weighted by Gasteiger charge is 2.36. The molecule has 0 aromatic rings. The van der Waals surface area contributed by atoms with Gasteiger partial charge in [0, 0.05) is 0 Å². The van der Waals surface area contributed by atoms with Gasteiger partial charge in [-0.3, -0.25) is 4.79 Å². The Morgan fingerprint density at radius 3 is 2.71 bits per heavy atom. The second-order valence-electron chi connectivity index (χ2n) is 2.32. The fourth-order valence-electron chi connectivity index (χ4n) is 0.939. The van der Waals surface area contributed by atoms with Crippen LogP contribution in [0.3, 0.4) is 0 Å². The van der Waals surface area contributed by atoms with Gasteiger partial charge < -0.3 is 20.3 Å². The number of halogens is 1. The summed E-state index contributed by atoms with van der Waals surface area (Å²) in [5.41, 5.74) is 0. The Bertz CT molecular complexity index is 315. The standard InChI is InChI=1S/C6H7ClN2O5/c1-14-4-2(7)3(10)8-5(11)9(4)6(12)13/h5,11H,1H3,(H,8,10)(H,12,13). The third-order valence-electron chi connectivity index (χ3n) is 1.51. The minimum absolute atomic E-state index is 0.393. The molecule has 0 radical (unpaired) electrons. The Kier molecular flexibility index (Phi) is 2.82. The molecule has 14 heavy (non-hydrogen) atoms. The molecule has 0 saturated carbocycles. The Balaban J connectivity index is 3.15. The molecule has 1 aliphatic heterocycles. The van der Waals surface area contributed by atoms with Crippen molar-refractivity contribution in [1.29, 1.82) is 0 Å². The number of nitrogens with one attached hydrogen (secondary N) is 1. The SMILES string of the molecule is COC1=C(Cl)C(=O)NC(O)N1C(=O)O. The zero-order valence-electron chi connectivity index (χ0n) is 7.02. The van der Waals surface area contributed by atoms with Gasteiger partial charge in [0.2, 0.25) is 12.2 Å². The summed E-state index contributed by atoms with van der Waals surface area (Å²) in [5.74, 6) is -1.20. The molecule has 1 heterocycles. The van der Waals surface area contributed by atoms with E-state index in [1.807, 2.05) is 5.32 Å². The van der Waals surface area contributed by atoms with Crippen LogP contribution in [0.2, 0.25) is 0 Å². The van der Waals surface area contributed by atoms with Crippen LogP contribution in [0.25, 0.3) is 0 Å². The number of aliphatic hydroxyl groups excluding tert-OH is 1. The van der Waals surface area contributed by atoms with E-state index in [1.54, 1.807) is 0 Å². The predicted molar refractivity (Wildman–Crippen MR) is 43.9 cm³/mol. The van der Waals surface area contributed by atoms with E-state index in [0.717, 1.165) is 7.11 Å². The van der Waals surface area contributed by atoms with Crippen LogP contribution in [0.15, 0.2) is 10.9 Å². The molecule has 0 aliphatic carbocycles. The van der Waals surface area contributed by atoms with Crippen molar-refractivity contribution < 1.29 is 24.5 Å². The summed E-state index contributed by atoms with van der Waals surface area (Å²) in [6.07, 6.45) is -3.19. The van der Waals surface area contributed by atoms with E-state index in [9.17, 15) is 9.59 Å². The fourth-order valence-corrected chi connectivity index (χ4v) is 1.16. The highest BCUT2D eigenvalue weighted by molar-refractivity contribution is 6.42. The van der Waals surface area contributed by atoms with Crippen LogP contribution in [0.1, 0.15) is 0 Å². The number of carbonyl (C=O) groups is 2. The van der Waals surface area contributed by atoms with Gasteiger partial charge in [0.25, 0.3) is 5.91 Å². The number of rotatable bonds is 1. The molecule has 1 rings (SSSR count). The van der Waals surface area contributed by atoms with Gasteiger partial charge in [0.05, 0.1) is 7.11 Å². The number of methoxy groups -OCH3 is 1. The summed E-state index contributed by atoms with van der Waals surface area (Å²) in [6.45, 7) is 0. The van der Waals surface area contributed by atoms with E-state index in [2.05, 4.69) is 4.74 Å². The van der Waals surface area contributed by atoms with Gasteiger partial charge in [-0.25, -0.2) is 9.69 Å². The maximum Gasteiger partial charge on any atom is 0.417 e. The van der Waals surface area contributed by atoms with Crippen molar-refractivity contribution in [3.8, 4) is 0 Å². The highest BCUT2D eigenvalue weighted by Crippen LogP contribution is 2.21. The monoisotopic (exact) mass is 222 g/mol. The smallest absolute Gasteiger partial charge is 0.417 e. The summed E-state index contributed by atoms with van der Waals surface area (Å²) in [6, 6.07) is 0. The normalized spacial score (nSPS) is 22.1. The molecule has 1 unspecified atom stereocenters. The van der Waals surface area contributed by atoms with Crippen molar-refractivity contribution in [1.82, 2.24) is 10.2 Å². The lowest BCUT2D eigenvalue weighted by molar-refractivity contribution is -0.127. The molecule has 1 aliphatic rings. The molecule has 0 saturated heterocycles. The molecule has 7 nitrogen and oxygen atoms in total. The van der Waals surface area contributed by atoms with Gasteiger partial charge in [0.1, 0.15) is 0 Å². The first-order valence-corrected chi connectivity index (χ1v) is 3.81. The molecular weight excluding hydrogens is 216 g/mol. The average molecular weight is 223 g/mol. The molecule has 2 amide bonds. The third kappa shape index (κ3) is 1.59. The number of aliphatic hydroxyl groups is 1. The minimum Gasteiger partial charge on any atom is -0.481 e. The van der Waals surface area contributed by atoms with Crippen LogP contribution >= 0.6 is 11.6 Å². The van der Waals surface area contributed by atoms with Gasteiger partial charge in [-0.15, -0.1) is 0 Å². The van der Waals surface area contributed by atoms with Gasteiger partial charge >= 0.3 is 6.09 Å². The first kappa shape index (κ1) is 10.6. The second-order valence-corrected chi connectivity index (χ2v) is 2.70. The zero-order valence-corrected chi connectivity index (χ0v) is 7.78. The lowest BCUT2D eigenvalue weighted by Gasteiger charge is -2.30. The molecule has 1 atom stereocenters. The van der Waals surface area contributed by atoms with Crippen molar-refractivity contribution in [3.63, 3.8) is 0 Å². The van der Waals surface area contributed by atoms with Crippen molar-refractivity contribution in [2.75, 3.05) is 7.11 Å². The van der Waals surface area contributed by atoms with Crippen LogP contribution in [0.4, 0.5) is 4.79 Å². The first-order valence-electron chi connectivity index (χ1n) is 3.44. The van der Waals surface area contributed by atoms with E-state index >= 15 is 0 Å². The lowest BCUT2D eigenvalue weighted by atomic mass is 10.4. The van der Waals surface area contributed by atoms with Crippen LogP contribution in [0, 0.1) is 0 Å². The summed E-state index contributed by atoms with van der Waals surface area (Å²) in [5, 5.41) is 19.3. The van der Waals surface area contributed by atoms with Crippen molar-refractivity contribution >= 4 is 23.6 Å². The van der Waals surface area contributed by atoms with E-state index in [-0.39, 0.29) is 0 Å². The quantitative estimate of drug-likeness (QED) is 0.552. The third-order valence-corrected chi connectivity index (χ3v) is 1.84. The molecular formula is C6H7ClN2O5. The molecule has 0 aromatic heterocycles. The largest absolute Gasteiger partial charge is 0.481 e. The lowest BCUT2D eigenvalue weighted by Crippen LogP contribution is -2.54. The topological polar surface area (TPSA) is 99.1 Å². The molecule has 0 aromatic carbocycles. The fraction of sp³-hybridized carbons (Fsp3) is 0.333. The predicted octanol–water partition coefficient (Wildman–Crippen LogP) is -0.574. The van der Waals surface area contributed by atoms with Crippen molar-refractivity contribution in [2.24, 2.45) is 0 Å². The summed E-state index contributed by atoms with van der Waals surface area (Å²) >= 11 is 5.46. The van der Waals surface area contributed by atoms with Gasteiger partial charge in [0.15, 0.2) is 5.03 Å². The number of carboxylic acid groups (broad SMARTS) is 1. The number of nitrogens with zero attached hydrogens (tertiary/aromatic N) is 1. The van der Waals surface area contributed by atoms with E-state index in [0.29, 0.717) is 4.90 Å². The minimum atomic E-state index is -1.70. The maximum absolute atomic E-state index is 11.0. The summed E-state index contributed by atoms with van der Waals surface area (Å²) in [4.78, 5) is 22.0. The zero-order chi connectivity index (χ0) is 10.9. The number of amides is 2. The molecule has 0 spiro atoms. The molecule has 78 valence electrons. The molecule has 0 fully saturated rings.